The lowest BCUT2D eigenvalue weighted by Gasteiger charge is -2.18. The van der Waals surface area contributed by atoms with E-state index in [4.69, 9.17) is 5.26 Å². The highest BCUT2D eigenvalue weighted by Gasteiger charge is 2.19. The summed E-state index contributed by atoms with van der Waals surface area (Å²) in [5.41, 5.74) is -0.813. The van der Waals surface area contributed by atoms with Crippen molar-refractivity contribution in [1.29, 1.82) is 0 Å². The molecule has 4 nitrogen and oxygen atoms in total. The van der Waals surface area contributed by atoms with Gasteiger partial charge < -0.3 is 4.74 Å². The first-order chi connectivity index (χ1) is 6.08. The van der Waals surface area contributed by atoms with Gasteiger partial charge in [-0.05, 0) is 26.3 Å². The van der Waals surface area contributed by atoms with Crippen LogP contribution < -0.4 is 0 Å². The van der Waals surface area contributed by atoms with E-state index in [-0.39, 0.29) is 0 Å². The van der Waals surface area contributed by atoms with E-state index < -0.39 is 11.6 Å². The van der Waals surface area contributed by atoms with Crippen LogP contribution in [0.1, 0.15) is 27.2 Å². The molecule has 0 radical (unpaired) electrons. The van der Waals surface area contributed by atoms with Crippen LogP contribution in [0.3, 0.4) is 0 Å². The molecule has 0 aromatic heterocycles. The fourth-order valence-electron chi connectivity index (χ4n) is 0.648. The minimum absolute atomic E-state index is 0.339. The second-order valence-electron chi connectivity index (χ2n) is 2.84. The maximum Gasteiger partial charge on any atom is 0.330 e. The number of ether oxygens (including phenoxy) is 1. The quantitative estimate of drug-likeness (QED) is 0.309. The van der Waals surface area contributed by atoms with Gasteiger partial charge in [0.2, 0.25) is 0 Å². The van der Waals surface area contributed by atoms with Gasteiger partial charge in [-0.1, -0.05) is 6.92 Å². The highest BCUT2D eigenvalue weighted by atomic mass is 17.1. The Hall–Kier alpha value is -0.870. The van der Waals surface area contributed by atoms with Crippen LogP contribution in [0.4, 0.5) is 0 Å². The lowest BCUT2D eigenvalue weighted by molar-refractivity contribution is -0.303. The summed E-state index contributed by atoms with van der Waals surface area (Å²) in [6.07, 6.45) is 3.30. The van der Waals surface area contributed by atoms with Crippen LogP contribution in [0.5, 0.6) is 0 Å². The minimum atomic E-state index is -0.813. The molecule has 0 heterocycles. The standard InChI is InChI=1S/C9H16O4/c1-4-9(3,13-11)7-6-8(10)12-5-2/h6-7,11H,4-5H2,1-3H3/b7-6+. The van der Waals surface area contributed by atoms with Crippen LogP contribution in [0.2, 0.25) is 0 Å². The van der Waals surface area contributed by atoms with Crippen LogP contribution in [0.25, 0.3) is 0 Å². The molecule has 1 atom stereocenters. The maximum atomic E-state index is 10.9. The van der Waals surface area contributed by atoms with Crippen LogP contribution in [0, 0.1) is 0 Å². The number of rotatable bonds is 5. The molecule has 0 saturated carbocycles. The molecular formula is C9H16O4. The third kappa shape index (κ3) is 4.65. The van der Waals surface area contributed by atoms with Crippen LogP contribution in [-0.4, -0.2) is 23.4 Å². The molecule has 0 aliphatic rings. The Kier molecular flexibility index (Phi) is 5.34. The average molecular weight is 188 g/mol. The van der Waals surface area contributed by atoms with Crippen LogP contribution in [0.15, 0.2) is 12.2 Å². The Labute approximate surface area is 78.1 Å². The van der Waals surface area contributed by atoms with E-state index in [1.54, 1.807) is 13.8 Å². The minimum Gasteiger partial charge on any atom is -0.463 e. The fraction of sp³-hybridized carbons (Fsp3) is 0.667. The maximum absolute atomic E-state index is 10.9. The molecule has 0 rings (SSSR count). The molecule has 0 aromatic carbocycles. The summed E-state index contributed by atoms with van der Waals surface area (Å²) in [4.78, 5) is 15.1. The highest BCUT2D eigenvalue weighted by Crippen LogP contribution is 2.14. The summed E-state index contributed by atoms with van der Waals surface area (Å²) in [7, 11) is 0. The van der Waals surface area contributed by atoms with Gasteiger partial charge in [0, 0.05) is 6.08 Å². The summed E-state index contributed by atoms with van der Waals surface area (Å²) in [5.74, 6) is -0.431. The zero-order valence-corrected chi connectivity index (χ0v) is 8.24. The van der Waals surface area contributed by atoms with Crippen molar-refractivity contribution in [3.63, 3.8) is 0 Å². The number of esters is 1. The first-order valence-corrected chi connectivity index (χ1v) is 4.26. The molecule has 0 aromatic rings. The number of hydrogen-bond acceptors (Lipinski definition) is 4. The van der Waals surface area contributed by atoms with E-state index >= 15 is 0 Å². The third-order valence-corrected chi connectivity index (χ3v) is 1.77. The van der Waals surface area contributed by atoms with Crippen LogP contribution in [-0.2, 0) is 14.4 Å². The smallest absolute Gasteiger partial charge is 0.330 e. The van der Waals surface area contributed by atoms with Gasteiger partial charge in [-0.25, -0.2) is 9.68 Å². The molecule has 0 fully saturated rings. The van der Waals surface area contributed by atoms with Crippen molar-refractivity contribution < 1.29 is 19.7 Å². The first-order valence-electron chi connectivity index (χ1n) is 4.26. The summed E-state index contributed by atoms with van der Waals surface area (Å²) < 4.78 is 4.66. The van der Waals surface area contributed by atoms with E-state index in [1.807, 2.05) is 6.92 Å². The van der Waals surface area contributed by atoms with Crippen molar-refractivity contribution in [2.24, 2.45) is 0 Å². The Morgan fingerprint density at radius 2 is 2.15 bits per heavy atom. The molecule has 0 bridgehead atoms. The topological polar surface area (TPSA) is 55.8 Å². The molecule has 1 N–H and O–H groups in total. The van der Waals surface area contributed by atoms with E-state index in [9.17, 15) is 4.79 Å². The van der Waals surface area contributed by atoms with Crippen molar-refractivity contribution >= 4 is 5.97 Å². The molecule has 0 aliphatic carbocycles. The van der Waals surface area contributed by atoms with E-state index in [2.05, 4.69) is 9.62 Å². The Balaban J connectivity index is 4.14. The summed E-state index contributed by atoms with van der Waals surface area (Å²) >= 11 is 0. The fourth-order valence-corrected chi connectivity index (χ4v) is 0.648. The predicted molar refractivity (Wildman–Crippen MR) is 48.2 cm³/mol. The third-order valence-electron chi connectivity index (χ3n) is 1.77. The van der Waals surface area contributed by atoms with Gasteiger partial charge in [0.05, 0.1) is 6.61 Å². The predicted octanol–water partition coefficient (Wildman–Crippen LogP) is 1.76. The second-order valence-corrected chi connectivity index (χ2v) is 2.84. The molecule has 0 saturated heterocycles. The summed E-state index contributed by atoms with van der Waals surface area (Å²) in [5, 5.41) is 8.52. The van der Waals surface area contributed by atoms with E-state index in [1.165, 1.54) is 12.2 Å². The molecule has 0 aliphatic heterocycles. The Bertz CT molecular complexity index is 182. The Morgan fingerprint density at radius 1 is 1.54 bits per heavy atom. The number of carbonyl (C=O) groups excluding carboxylic acids is 1. The van der Waals surface area contributed by atoms with Gasteiger partial charge in [0.25, 0.3) is 0 Å². The Morgan fingerprint density at radius 3 is 2.54 bits per heavy atom. The molecule has 13 heavy (non-hydrogen) atoms. The second kappa shape index (κ2) is 5.72. The largest absolute Gasteiger partial charge is 0.463 e. The normalized spacial score (nSPS) is 15.7. The van der Waals surface area contributed by atoms with Gasteiger partial charge in [-0.15, -0.1) is 0 Å². The number of hydrogen-bond donors (Lipinski definition) is 1. The molecule has 4 heteroatoms. The zero-order chi connectivity index (χ0) is 10.3. The van der Waals surface area contributed by atoms with E-state index in [0.29, 0.717) is 13.0 Å². The van der Waals surface area contributed by atoms with Gasteiger partial charge in [-0.2, -0.15) is 0 Å². The SMILES string of the molecule is CCOC(=O)/C=C/C(C)(CC)OO. The average Bonchev–Trinajstić information content (AvgIpc) is 2.15. The van der Waals surface area contributed by atoms with Gasteiger partial charge in [0.15, 0.2) is 0 Å². The van der Waals surface area contributed by atoms with E-state index in [0.717, 1.165) is 0 Å². The molecular weight excluding hydrogens is 172 g/mol. The van der Waals surface area contributed by atoms with Crippen molar-refractivity contribution in [1.82, 2.24) is 0 Å². The van der Waals surface area contributed by atoms with Gasteiger partial charge in [-0.3, -0.25) is 5.26 Å². The molecule has 0 amide bonds. The van der Waals surface area contributed by atoms with Crippen molar-refractivity contribution in [2.45, 2.75) is 32.8 Å². The summed E-state index contributed by atoms with van der Waals surface area (Å²) in [6.45, 7) is 5.58. The zero-order valence-electron chi connectivity index (χ0n) is 8.24. The number of carbonyl (C=O) groups is 1. The van der Waals surface area contributed by atoms with Crippen molar-refractivity contribution in [3.8, 4) is 0 Å². The summed E-state index contributed by atoms with van der Waals surface area (Å²) in [6, 6.07) is 0. The van der Waals surface area contributed by atoms with Crippen molar-refractivity contribution in [2.75, 3.05) is 6.61 Å². The monoisotopic (exact) mass is 188 g/mol. The lowest BCUT2D eigenvalue weighted by atomic mass is 10.0. The van der Waals surface area contributed by atoms with Crippen molar-refractivity contribution in [3.05, 3.63) is 12.2 Å². The molecule has 76 valence electrons. The molecule has 1 unspecified atom stereocenters. The molecule has 0 spiro atoms. The van der Waals surface area contributed by atoms with Gasteiger partial charge in [0.1, 0.15) is 5.60 Å². The first kappa shape index (κ1) is 12.1. The highest BCUT2D eigenvalue weighted by molar-refractivity contribution is 5.82. The van der Waals surface area contributed by atoms with Crippen LogP contribution >= 0.6 is 0 Å². The van der Waals surface area contributed by atoms with Gasteiger partial charge >= 0.3 is 5.97 Å². The lowest BCUT2D eigenvalue weighted by Crippen LogP contribution is -2.23.